The lowest BCUT2D eigenvalue weighted by atomic mass is 9.97. The molecule has 2 rings (SSSR count). The van der Waals surface area contributed by atoms with E-state index in [0.29, 0.717) is 11.1 Å². The molecule has 1 atom stereocenters. The molecule has 0 radical (unpaired) electrons. The van der Waals surface area contributed by atoms with Crippen molar-refractivity contribution in [2.24, 2.45) is 0 Å². The summed E-state index contributed by atoms with van der Waals surface area (Å²) in [5.74, 6) is -1.51. The van der Waals surface area contributed by atoms with Crippen LogP contribution >= 0.6 is 0 Å². The Kier molecular flexibility index (Phi) is 6.18. The van der Waals surface area contributed by atoms with Crippen LogP contribution in [0.5, 0.6) is 0 Å². The highest BCUT2D eigenvalue weighted by molar-refractivity contribution is 5.97. The average molecular weight is 357 g/mol. The van der Waals surface area contributed by atoms with Gasteiger partial charge in [0.25, 0.3) is 5.91 Å². The SMILES string of the molecule is CCC(CC)n1ncc(C(=O)NC(C(=O)O)c2cccc(C)c2C)c1C. The van der Waals surface area contributed by atoms with E-state index in [1.807, 2.05) is 31.5 Å². The fourth-order valence-electron chi connectivity index (χ4n) is 3.22. The fourth-order valence-corrected chi connectivity index (χ4v) is 3.22. The van der Waals surface area contributed by atoms with Gasteiger partial charge in [0, 0.05) is 5.69 Å². The molecule has 2 N–H and O–H groups in total. The molecule has 1 unspecified atom stereocenters. The Hall–Kier alpha value is -2.63. The predicted molar refractivity (Wildman–Crippen MR) is 100 cm³/mol. The van der Waals surface area contributed by atoms with Gasteiger partial charge in [0.15, 0.2) is 6.04 Å². The third-order valence-electron chi connectivity index (χ3n) is 5.06. The van der Waals surface area contributed by atoms with Gasteiger partial charge in [-0.1, -0.05) is 32.0 Å². The molecule has 1 aromatic carbocycles. The summed E-state index contributed by atoms with van der Waals surface area (Å²) in [6.45, 7) is 9.78. The molecule has 140 valence electrons. The minimum absolute atomic E-state index is 0.228. The minimum atomic E-state index is -1.10. The highest BCUT2D eigenvalue weighted by Gasteiger charge is 2.26. The average Bonchev–Trinajstić information content (AvgIpc) is 2.98. The molecule has 0 bridgehead atoms. The highest BCUT2D eigenvalue weighted by Crippen LogP contribution is 2.23. The van der Waals surface area contributed by atoms with Gasteiger partial charge in [0.2, 0.25) is 0 Å². The molecule has 1 amide bonds. The van der Waals surface area contributed by atoms with Crippen LogP contribution in [0.4, 0.5) is 0 Å². The van der Waals surface area contributed by atoms with Gasteiger partial charge < -0.3 is 10.4 Å². The first kappa shape index (κ1) is 19.7. The number of carbonyl (C=O) groups is 2. The monoisotopic (exact) mass is 357 g/mol. The molecule has 2 aromatic rings. The van der Waals surface area contributed by atoms with E-state index >= 15 is 0 Å². The number of benzene rings is 1. The minimum Gasteiger partial charge on any atom is -0.479 e. The third-order valence-corrected chi connectivity index (χ3v) is 5.06. The number of aliphatic carboxylic acids is 1. The van der Waals surface area contributed by atoms with Crippen LogP contribution in [0, 0.1) is 20.8 Å². The quantitative estimate of drug-likeness (QED) is 0.791. The number of nitrogens with zero attached hydrogens (tertiary/aromatic N) is 2. The van der Waals surface area contributed by atoms with Crippen LogP contribution in [0.3, 0.4) is 0 Å². The lowest BCUT2D eigenvalue weighted by molar-refractivity contribution is -0.139. The molecule has 6 heteroatoms. The summed E-state index contributed by atoms with van der Waals surface area (Å²) < 4.78 is 1.85. The zero-order valence-corrected chi connectivity index (χ0v) is 16.0. The van der Waals surface area contributed by atoms with Crippen LogP contribution in [-0.4, -0.2) is 26.8 Å². The normalized spacial score (nSPS) is 12.2. The Labute approximate surface area is 154 Å². The maximum Gasteiger partial charge on any atom is 0.330 e. The number of aromatic nitrogens is 2. The molecular formula is C20H27N3O3. The smallest absolute Gasteiger partial charge is 0.330 e. The molecule has 0 fully saturated rings. The summed E-state index contributed by atoms with van der Waals surface area (Å²) in [7, 11) is 0. The van der Waals surface area contributed by atoms with Gasteiger partial charge in [-0.15, -0.1) is 0 Å². The Morgan fingerprint density at radius 1 is 1.19 bits per heavy atom. The van der Waals surface area contributed by atoms with E-state index in [1.54, 1.807) is 12.1 Å². The Morgan fingerprint density at radius 2 is 1.85 bits per heavy atom. The second-order valence-electron chi connectivity index (χ2n) is 6.59. The predicted octanol–water partition coefficient (Wildman–Crippen LogP) is 3.73. The van der Waals surface area contributed by atoms with Crippen LogP contribution in [0.2, 0.25) is 0 Å². The Bertz CT molecular complexity index is 807. The van der Waals surface area contributed by atoms with Crippen molar-refractivity contribution in [1.29, 1.82) is 0 Å². The molecule has 6 nitrogen and oxygen atoms in total. The highest BCUT2D eigenvalue weighted by atomic mass is 16.4. The first-order chi connectivity index (χ1) is 12.3. The van der Waals surface area contributed by atoms with Crippen molar-refractivity contribution in [1.82, 2.24) is 15.1 Å². The van der Waals surface area contributed by atoms with Gasteiger partial charge in [-0.05, 0) is 50.3 Å². The van der Waals surface area contributed by atoms with E-state index in [-0.39, 0.29) is 6.04 Å². The van der Waals surface area contributed by atoms with Crippen LogP contribution in [0.1, 0.15) is 71.5 Å². The van der Waals surface area contributed by atoms with Crippen molar-refractivity contribution in [3.8, 4) is 0 Å². The summed E-state index contributed by atoms with van der Waals surface area (Å²) in [6, 6.07) is 4.59. The van der Waals surface area contributed by atoms with Crippen molar-refractivity contribution < 1.29 is 14.7 Å². The number of amides is 1. The molecule has 26 heavy (non-hydrogen) atoms. The number of hydrogen-bond acceptors (Lipinski definition) is 3. The number of carboxylic acids is 1. The molecule has 0 saturated carbocycles. The van der Waals surface area contributed by atoms with Crippen molar-refractivity contribution in [3.63, 3.8) is 0 Å². The number of hydrogen-bond donors (Lipinski definition) is 2. The maximum atomic E-state index is 12.7. The van der Waals surface area contributed by atoms with Crippen molar-refractivity contribution >= 4 is 11.9 Å². The lowest BCUT2D eigenvalue weighted by Crippen LogP contribution is -2.34. The van der Waals surface area contributed by atoms with E-state index in [4.69, 9.17) is 0 Å². The maximum absolute atomic E-state index is 12.7. The topological polar surface area (TPSA) is 84.2 Å². The molecular weight excluding hydrogens is 330 g/mol. The second-order valence-corrected chi connectivity index (χ2v) is 6.59. The number of nitrogens with one attached hydrogen (secondary N) is 1. The largest absolute Gasteiger partial charge is 0.479 e. The lowest BCUT2D eigenvalue weighted by Gasteiger charge is -2.19. The summed E-state index contributed by atoms with van der Waals surface area (Å²) in [4.78, 5) is 24.5. The summed E-state index contributed by atoms with van der Waals surface area (Å²) in [5.41, 5.74) is 3.61. The molecule has 0 saturated heterocycles. The Balaban J connectivity index is 2.32. The summed E-state index contributed by atoms with van der Waals surface area (Å²) in [5, 5.41) is 16.6. The number of rotatable bonds is 7. The first-order valence-electron chi connectivity index (χ1n) is 8.95. The standard InChI is InChI=1S/C20H27N3O3/c1-6-15(7-2)23-14(5)17(11-21-23)19(24)22-18(20(25)26)16-10-8-9-12(3)13(16)4/h8-11,15,18H,6-7H2,1-5H3,(H,22,24)(H,25,26). The Morgan fingerprint density at radius 3 is 2.42 bits per heavy atom. The second kappa shape index (κ2) is 8.17. The molecule has 1 aromatic heterocycles. The van der Waals surface area contributed by atoms with Gasteiger partial charge in [-0.25, -0.2) is 4.79 Å². The molecule has 0 aliphatic heterocycles. The van der Waals surface area contributed by atoms with E-state index in [2.05, 4.69) is 24.3 Å². The number of aryl methyl sites for hydroxylation is 1. The molecule has 1 heterocycles. The van der Waals surface area contributed by atoms with Crippen molar-refractivity contribution in [2.45, 2.75) is 59.5 Å². The summed E-state index contributed by atoms with van der Waals surface area (Å²) in [6.07, 6.45) is 3.35. The molecule has 0 aliphatic rings. The van der Waals surface area contributed by atoms with E-state index < -0.39 is 17.9 Å². The van der Waals surface area contributed by atoms with E-state index in [0.717, 1.165) is 29.7 Å². The van der Waals surface area contributed by atoms with Crippen LogP contribution in [-0.2, 0) is 4.79 Å². The van der Waals surface area contributed by atoms with Crippen LogP contribution < -0.4 is 5.32 Å². The first-order valence-corrected chi connectivity index (χ1v) is 8.95. The fraction of sp³-hybridized carbons (Fsp3) is 0.450. The van der Waals surface area contributed by atoms with Gasteiger partial charge >= 0.3 is 5.97 Å². The zero-order valence-electron chi connectivity index (χ0n) is 16.0. The molecule has 0 spiro atoms. The van der Waals surface area contributed by atoms with Gasteiger partial charge in [-0.3, -0.25) is 9.48 Å². The van der Waals surface area contributed by atoms with Gasteiger partial charge in [0.05, 0.1) is 17.8 Å². The van der Waals surface area contributed by atoms with E-state index in [9.17, 15) is 14.7 Å². The van der Waals surface area contributed by atoms with Crippen LogP contribution in [0.15, 0.2) is 24.4 Å². The van der Waals surface area contributed by atoms with Crippen molar-refractivity contribution in [2.75, 3.05) is 0 Å². The summed E-state index contributed by atoms with van der Waals surface area (Å²) >= 11 is 0. The molecule has 0 aliphatic carbocycles. The zero-order chi connectivity index (χ0) is 19.4. The van der Waals surface area contributed by atoms with E-state index in [1.165, 1.54) is 6.20 Å². The number of carbonyl (C=O) groups excluding carboxylic acids is 1. The van der Waals surface area contributed by atoms with Crippen molar-refractivity contribution in [3.05, 3.63) is 52.3 Å². The number of carboxylic acid groups (broad SMARTS) is 1. The van der Waals surface area contributed by atoms with Gasteiger partial charge in [0.1, 0.15) is 0 Å². The van der Waals surface area contributed by atoms with Crippen LogP contribution in [0.25, 0.3) is 0 Å². The third kappa shape index (κ3) is 3.79. The van der Waals surface area contributed by atoms with Gasteiger partial charge in [-0.2, -0.15) is 5.10 Å².